The molecule has 0 radical (unpaired) electrons. The Labute approximate surface area is 121 Å². The SMILES string of the molecule is CCCNC(=O)CCNC(=O)CCC1CCNC1.Cl. The summed E-state index contributed by atoms with van der Waals surface area (Å²) in [6, 6.07) is 0. The van der Waals surface area contributed by atoms with E-state index < -0.39 is 0 Å². The summed E-state index contributed by atoms with van der Waals surface area (Å²) in [5.41, 5.74) is 0. The molecule has 1 rings (SSSR count). The Kier molecular flexibility index (Phi) is 10.6. The van der Waals surface area contributed by atoms with Crippen LogP contribution in [0.2, 0.25) is 0 Å². The summed E-state index contributed by atoms with van der Waals surface area (Å²) < 4.78 is 0. The van der Waals surface area contributed by atoms with Crippen LogP contribution in [0.1, 0.15) is 39.0 Å². The Bertz CT molecular complexity index is 269. The highest BCUT2D eigenvalue weighted by Gasteiger charge is 2.15. The van der Waals surface area contributed by atoms with Gasteiger partial charge in [0.2, 0.25) is 11.8 Å². The fourth-order valence-corrected chi connectivity index (χ4v) is 2.05. The number of carbonyl (C=O) groups is 2. The van der Waals surface area contributed by atoms with E-state index in [1.807, 2.05) is 6.92 Å². The molecule has 1 heterocycles. The molecule has 0 spiro atoms. The highest BCUT2D eigenvalue weighted by Crippen LogP contribution is 2.13. The lowest BCUT2D eigenvalue weighted by molar-refractivity contribution is -0.122. The number of hydrogen-bond donors (Lipinski definition) is 3. The normalized spacial score (nSPS) is 17.6. The molecule has 1 fully saturated rings. The summed E-state index contributed by atoms with van der Waals surface area (Å²) in [5, 5.41) is 8.87. The number of halogens is 1. The van der Waals surface area contributed by atoms with Crippen LogP contribution in [-0.4, -0.2) is 38.0 Å². The van der Waals surface area contributed by atoms with Crippen LogP contribution in [0, 0.1) is 5.92 Å². The molecule has 1 aliphatic heterocycles. The molecule has 2 amide bonds. The fourth-order valence-electron chi connectivity index (χ4n) is 2.05. The molecule has 0 aliphatic carbocycles. The van der Waals surface area contributed by atoms with E-state index in [1.54, 1.807) is 0 Å². The molecule has 0 saturated carbocycles. The van der Waals surface area contributed by atoms with Crippen molar-refractivity contribution in [3.63, 3.8) is 0 Å². The van der Waals surface area contributed by atoms with Crippen molar-refractivity contribution in [2.45, 2.75) is 39.0 Å². The summed E-state index contributed by atoms with van der Waals surface area (Å²) in [7, 11) is 0. The van der Waals surface area contributed by atoms with Gasteiger partial charge in [-0.25, -0.2) is 0 Å². The van der Waals surface area contributed by atoms with E-state index in [1.165, 1.54) is 6.42 Å². The van der Waals surface area contributed by atoms with Crippen LogP contribution in [0.15, 0.2) is 0 Å². The van der Waals surface area contributed by atoms with Crippen LogP contribution < -0.4 is 16.0 Å². The van der Waals surface area contributed by atoms with E-state index in [-0.39, 0.29) is 24.2 Å². The third-order valence-electron chi connectivity index (χ3n) is 3.19. The molecular formula is C13H26ClN3O2. The molecule has 19 heavy (non-hydrogen) atoms. The molecule has 0 aromatic rings. The van der Waals surface area contributed by atoms with Gasteiger partial charge in [-0.1, -0.05) is 6.92 Å². The lowest BCUT2D eigenvalue weighted by atomic mass is 10.0. The third kappa shape index (κ3) is 8.83. The molecule has 1 unspecified atom stereocenters. The molecule has 0 aromatic carbocycles. The van der Waals surface area contributed by atoms with Gasteiger partial charge in [0.25, 0.3) is 0 Å². The van der Waals surface area contributed by atoms with Crippen molar-refractivity contribution in [3.05, 3.63) is 0 Å². The molecule has 1 atom stereocenters. The maximum Gasteiger partial charge on any atom is 0.221 e. The van der Waals surface area contributed by atoms with Crippen LogP contribution in [0.5, 0.6) is 0 Å². The fraction of sp³-hybridized carbons (Fsp3) is 0.846. The first-order valence-corrected chi connectivity index (χ1v) is 6.96. The Morgan fingerprint density at radius 3 is 2.47 bits per heavy atom. The van der Waals surface area contributed by atoms with Gasteiger partial charge in [-0.2, -0.15) is 0 Å². The highest BCUT2D eigenvalue weighted by molar-refractivity contribution is 5.85. The number of carbonyl (C=O) groups excluding carboxylic acids is 2. The number of hydrogen-bond acceptors (Lipinski definition) is 3. The predicted octanol–water partition coefficient (Wildman–Crippen LogP) is 0.830. The minimum Gasteiger partial charge on any atom is -0.356 e. The Balaban J connectivity index is 0.00000324. The number of amides is 2. The van der Waals surface area contributed by atoms with Gasteiger partial charge in [-0.3, -0.25) is 9.59 Å². The van der Waals surface area contributed by atoms with Gasteiger partial charge in [0.1, 0.15) is 0 Å². The lowest BCUT2D eigenvalue weighted by Gasteiger charge is -2.08. The Hall–Kier alpha value is -0.810. The van der Waals surface area contributed by atoms with E-state index in [0.717, 1.165) is 25.9 Å². The van der Waals surface area contributed by atoms with Crippen molar-refractivity contribution in [3.8, 4) is 0 Å². The van der Waals surface area contributed by atoms with Crippen molar-refractivity contribution in [1.82, 2.24) is 16.0 Å². The summed E-state index contributed by atoms with van der Waals surface area (Å²) in [6.07, 6.45) is 4.00. The van der Waals surface area contributed by atoms with Crippen LogP contribution >= 0.6 is 12.4 Å². The van der Waals surface area contributed by atoms with Crippen molar-refractivity contribution < 1.29 is 9.59 Å². The standard InChI is InChI=1S/C13H25N3O2.ClH/c1-2-7-15-13(18)6-9-16-12(17)4-3-11-5-8-14-10-11;/h11,14H,2-10H2,1H3,(H,15,18)(H,16,17);1H. The number of nitrogens with one attached hydrogen (secondary N) is 3. The molecule has 6 heteroatoms. The van der Waals surface area contributed by atoms with Crippen molar-refractivity contribution in [2.75, 3.05) is 26.2 Å². The zero-order valence-corrected chi connectivity index (χ0v) is 12.5. The van der Waals surface area contributed by atoms with E-state index in [4.69, 9.17) is 0 Å². The maximum atomic E-state index is 11.5. The third-order valence-corrected chi connectivity index (χ3v) is 3.19. The summed E-state index contributed by atoms with van der Waals surface area (Å²) in [4.78, 5) is 22.8. The minimum absolute atomic E-state index is 0. The molecule has 0 aromatic heterocycles. The van der Waals surface area contributed by atoms with Crippen LogP contribution in [0.3, 0.4) is 0 Å². The second kappa shape index (κ2) is 11.1. The quantitative estimate of drug-likeness (QED) is 0.620. The first kappa shape index (κ1) is 18.2. The van der Waals surface area contributed by atoms with Gasteiger partial charge in [-0.15, -0.1) is 12.4 Å². The van der Waals surface area contributed by atoms with E-state index in [9.17, 15) is 9.59 Å². The van der Waals surface area contributed by atoms with Gasteiger partial charge < -0.3 is 16.0 Å². The Morgan fingerprint density at radius 1 is 1.16 bits per heavy atom. The van der Waals surface area contributed by atoms with Gasteiger partial charge in [0, 0.05) is 25.9 Å². The van der Waals surface area contributed by atoms with E-state index in [0.29, 0.717) is 31.8 Å². The van der Waals surface area contributed by atoms with Crippen molar-refractivity contribution in [1.29, 1.82) is 0 Å². The molecule has 112 valence electrons. The first-order chi connectivity index (χ1) is 8.72. The average Bonchev–Trinajstić information content (AvgIpc) is 2.87. The molecule has 1 aliphatic rings. The first-order valence-electron chi connectivity index (χ1n) is 6.96. The molecule has 1 saturated heterocycles. The number of rotatable bonds is 8. The summed E-state index contributed by atoms with van der Waals surface area (Å²) in [5.74, 6) is 0.714. The van der Waals surface area contributed by atoms with E-state index in [2.05, 4.69) is 16.0 Å². The zero-order chi connectivity index (χ0) is 13.2. The minimum atomic E-state index is 0. The van der Waals surface area contributed by atoms with Gasteiger partial charge in [-0.05, 0) is 38.3 Å². The zero-order valence-electron chi connectivity index (χ0n) is 11.7. The second-order valence-corrected chi connectivity index (χ2v) is 4.85. The maximum absolute atomic E-state index is 11.5. The molecule has 5 nitrogen and oxygen atoms in total. The predicted molar refractivity (Wildman–Crippen MR) is 78.4 cm³/mol. The van der Waals surface area contributed by atoms with Gasteiger partial charge >= 0.3 is 0 Å². The van der Waals surface area contributed by atoms with Crippen molar-refractivity contribution >= 4 is 24.2 Å². The van der Waals surface area contributed by atoms with Crippen LogP contribution in [0.4, 0.5) is 0 Å². The van der Waals surface area contributed by atoms with E-state index >= 15 is 0 Å². The summed E-state index contributed by atoms with van der Waals surface area (Å²) >= 11 is 0. The monoisotopic (exact) mass is 291 g/mol. The van der Waals surface area contributed by atoms with Crippen molar-refractivity contribution in [2.24, 2.45) is 5.92 Å². The molecule has 3 N–H and O–H groups in total. The van der Waals surface area contributed by atoms with Crippen LogP contribution in [0.25, 0.3) is 0 Å². The van der Waals surface area contributed by atoms with Crippen LogP contribution in [-0.2, 0) is 9.59 Å². The van der Waals surface area contributed by atoms with Gasteiger partial charge in [0.05, 0.1) is 0 Å². The molecular weight excluding hydrogens is 266 g/mol. The topological polar surface area (TPSA) is 70.2 Å². The lowest BCUT2D eigenvalue weighted by Crippen LogP contribution is -2.31. The second-order valence-electron chi connectivity index (χ2n) is 4.85. The molecule has 0 bridgehead atoms. The summed E-state index contributed by atoms with van der Waals surface area (Å²) in [6.45, 7) is 5.27. The Morgan fingerprint density at radius 2 is 1.84 bits per heavy atom. The van der Waals surface area contributed by atoms with Gasteiger partial charge in [0.15, 0.2) is 0 Å². The largest absolute Gasteiger partial charge is 0.356 e. The smallest absolute Gasteiger partial charge is 0.221 e. The highest BCUT2D eigenvalue weighted by atomic mass is 35.5. The average molecular weight is 292 g/mol.